The van der Waals surface area contributed by atoms with E-state index >= 15 is 0 Å². The van der Waals surface area contributed by atoms with Gasteiger partial charge in [0.1, 0.15) is 5.82 Å². The first-order valence-corrected chi connectivity index (χ1v) is 6.57. The van der Waals surface area contributed by atoms with E-state index in [0.717, 1.165) is 25.2 Å². The minimum Gasteiger partial charge on any atom is -0.339 e. The summed E-state index contributed by atoms with van der Waals surface area (Å²) in [6, 6.07) is 6.21. The third kappa shape index (κ3) is 4.44. The first kappa shape index (κ1) is 16.9. The Kier molecular flexibility index (Phi) is 6.39. The molecule has 2 N–H and O–H groups in total. The van der Waals surface area contributed by atoms with E-state index < -0.39 is 6.04 Å². The molecule has 0 aromatic heterocycles. The quantitative estimate of drug-likeness (QED) is 0.914. The minimum atomic E-state index is -0.435. The summed E-state index contributed by atoms with van der Waals surface area (Å²) in [5, 5.41) is 0. The van der Waals surface area contributed by atoms with Crippen LogP contribution in [0.3, 0.4) is 0 Å². The van der Waals surface area contributed by atoms with Crippen LogP contribution >= 0.6 is 12.4 Å². The maximum atomic E-state index is 13.1. The van der Waals surface area contributed by atoms with Crippen LogP contribution in [-0.4, -0.2) is 47.9 Å². The highest BCUT2D eigenvalue weighted by Crippen LogP contribution is 2.10. The second-order valence-electron chi connectivity index (χ2n) is 5.02. The van der Waals surface area contributed by atoms with Gasteiger partial charge in [0.25, 0.3) is 0 Å². The van der Waals surface area contributed by atoms with E-state index in [9.17, 15) is 9.18 Å². The molecule has 1 aliphatic rings. The maximum absolute atomic E-state index is 13.1. The summed E-state index contributed by atoms with van der Waals surface area (Å²) < 4.78 is 13.1. The van der Waals surface area contributed by atoms with Crippen molar-refractivity contribution < 1.29 is 9.18 Å². The molecule has 0 unspecified atom stereocenters. The van der Waals surface area contributed by atoms with Crippen molar-refractivity contribution in [2.75, 3.05) is 26.2 Å². The largest absolute Gasteiger partial charge is 0.339 e. The first-order valence-electron chi connectivity index (χ1n) is 6.57. The monoisotopic (exact) mass is 301 g/mol. The van der Waals surface area contributed by atoms with Gasteiger partial charge in [-0.3, -0.25) is 9.69 Å². The molecular formula is C14H21ClFN3O. The smallest absolute Gasteiger partial charge is 0.239 e. The van der Waals surface area contributed by atoms with Gasteiger partial charge in [0, 0.05) is 32.7 Å². The van der Waals surface area contributed by atoms with Crippen molar-refractivity contribution in [3.8, 4) is 0 Å². The van der Waals surface area contributed by atoms with Crippen molar-refractivity contribution in [2.45, 2.75) is 19.5 Å². The molecule has 20 heavy (non-hydrogen) atoms. The Morgan fingerprint density at radius 3 is 2.55 bits per heavy atom. The van der Waals surface area contributed by atoms with E-state index in [1.54, 1.807) is 24.0 Å². The Hall–Kier alpha value is -1.17. The fraction of sp³-hybridized carbons (Fsp3) is 0.500. The average Bonchev–Trinajstić information content (AvgIpc) is 2.39. The number of amides is 1. The number of piperazine rings is 1. The maximum Gasteiger partial charge on any atom is 0.239 e. The van der Waals surface area contributed by atoms with E-state index in [-0.39, 0.29) is 24.1 Å². The molecule has 2 rings (SSSR count). The molecule has 1 fully saturated rings. The number of hydrogen-bond donors (Lipinski definition) is 1. The molecule has 6 heteroatoms. The first-order chi connectivity index (χ1) is 9.06. The lowest BCUT2D eigenvalue weighted by Crippen LogP contribution is -2.52. The lowest BCUT2D eigenvalue weighted by Gasteiger charge is -2.35. The molecule has 1 aliphatic heterocycles. The third-order valence-electron chi connectivity index (χ3n) is 3.37. The van der Waals surface area contributed by atoms with Gasteiger partial charge in [-0.15, -0.1) is 12.4 Å². The summed E-state index contributed by atoms with van der Waals surface area (Å²) in [6.45, 7) is 5.41. The molecule has 4 nitrogen and oxygen atoms in total. The molecule has 1 aromatic rings. The Morgan fingerprint density at radius 2 is 2.00 bits per heavy atom. The van der Waals surface area contributed by atoms with Crippen molar-refractivity contribution in [1.82, 2.24) is 9.80 Å². The van der Waals surface area contributed by atoms with Crippen molar-refractivity contribution in [1.29, 1.82) is 0 Å². The van der Waals surface area contributed by atoms with Crippen LogP contribution in [0.1, 0.15) is 12.5 Å². The number of halogens is 2. The van der Waals surface area contributed by atoms with Crippen molar-refractivity contribution in [2.24, 2.45) is 5.73 Å². The van der Waals surface area contributed by atoms with Gasteiger partial charge in [-0.2, -0.15) is 0 Å². The Bertz CT molecular complexity index is 448. The normalized spacial score (nSPS) is 17.4. The van der Waals surface area contributed by atoms with Gasteiger partial charge >= 0.3 is 0 Å². The number of hydrogen-bond acceptors (Lipinski definition) is 3. The van der Waals surface area contributed by atoms with Crippen LogP contribution in [-0.2, 0) is 11.3 Å². The summed E-state index contributed by atoms with van der Waals surface area (Å²) in [6.07, 6.45) is 0. The lowest BCUT2D eigenvalue weighted by molar-refractivity contribution is -0.134. The van der Waals surface area contributed by atoms with Crippen LogP contribution in [0.25, 0.3) is 0 Å². The number of nitrogens with two attached hydrogens (primary N) is 1. The van der Waals surface area contributed by atoms with E-state index in [1.165, 1.54) is 6.07 Å². The molecule has 0 aliphatic carbocycles. The summed E-state index contributed by atoms with van der Waals surface area (Å²) >= 11 is 0. The topological polar surface area (TPSA) is 49.6 Å². The highest BCUT2D eigenvalue weighted by atomic mass is 35.5. The molecule has 0 radical (unpaired) electrons. The molecule has 1 aromatic carbocycles. The molecule has 0 bridgehead atoms. The van der Waals surface area contributed by atoms with Gasteiger partial charge in [-0.1, -0.05) is 12.1 Å². The van der Waals surface area contributed by atoms with Crippen LogP contribution in [0.4, 0.5) is 4.39 Å². The fourth-order valence-corrected chi connectivity index (χ4v) is 2.31. The predicted octanol–water partition coefficient (Wildman–Crippen LogP) is 1.24. The molecule has 1 amide bonds. The summed E-state index contributed by atoms with van der Waals surface area (Å²) in [7, 11) is 0. The second-order valence-corrected chi connectivity index (χ2v) is 5.02. The van der Waals surface area contributed by atoms with Crippen LogP contribution < -0.4 is 5.73 Å². The Balaban J connectivity index is 0.00000200. The summed E-state index contributed by atoms with van der Waals surface area (Å²) in [5.74, 6) is -0.200. The SMILES string of the molecule is C[C@@H](N)C(=O)N1CCN(Cc2cccc(F)c2)CC1.Cl. The lowest BCUT2D eigenvalue weighted by atomic mass is 10.2. The number of nitrogens with zero attached hydrogens (tertiary/aromatic N) is 2. The highest BCUT2D eigenvalue weighted by Gasteiger charge is 2.22. The molecule has 1 saturated heterocycles. The van der Waals surface area contributed by atoms with Crippen LogP contribution in [0.5, 0.6) is 0 Å². The van der Waals surface area contributed by atoms with Crippen molar-refractivity contribution >= 4 is 18.3 Å². The Labute approximate surface area is 125 Å². The van der Waals surface area contributed by atoms with E-state index in [1.807, 2.05) is 6.07 Å². The van der Waals surface area contributed by atoms with Gasteiger partial charge in [-0.05, 0) is 24.6 Å². The number of benzene rings is 1. The van der Waals surface area contributed by atoms with Crippen molar-refractivity contribution in [3.63, 3.8) is 0 Å². The molecule has 112 valence electrons. The molecular weight excluding hydrogens is 281 g/mol. The molecule has 0 spiro atoms. The minimum absolute atomic E-state index is 0. The van der Waals surface area contributed by atoms with Gasteiger partial charge in [0.05, 0.1) is 6.04 Å². The predicted molar refractivity (Wildman–Crippen MR) is 79.2 cm³/mol. The van der Waals surface area contributed by atoms with Crippen LogP contribution in [0, 0.1) is 5.82 Å². The van der Waals surface area contributed by atoms with Crippen molar-refractivity contribution in [3.05, 3.63) is 35.6 Å². The van der Waals surface area contributed by atoms with E-state index in [0.29, 0.717) is 13.1 Å². The average molecular weight is 302 g/mol. The van der Waals surface area contributed by atoms with Gasteiger partial charge in [0.15, 0.2) is 0 Å². The second kappa shape index (κ2) is 7.57. The third-order valence-corrected chi connectivity index (χ3v) is 3.37. The van der Waals surface area contributed by atoms with Crippen LogP contribution in [0.2, 0.25) is 0 Å². The van der Waals surface area contributed by atoms with Crippen LogP contribution in [0.15, 0.2) is 24.3 Å². The Morgan fingerprint density at radius 1 is 1.35 bits per heavy atom. The van der Waals surface area contributed by atoms with E-state index in [4.69, 9.17) is 5.73 Å². The zero-order chi connectivity index (χ0) is 13.8. The molecule has 1 atom stereocenters. The zero-order valence-corrected chi connectivity index (χ0v) is 12.4. The van der Waals surface area contributed by atoms with Gasteiger partial charge in [0.2, 0.25) is 5.91 Å². The van der Waals surface area contributed by atoms with Gasteiger partial charge < -0.3 is 10.6 Å². The number of rotatable bonds is 3. The zero-order valence-electron chi connectivity index (χ0n) is 11.6. The molecule has 0 saturated carbocycles. The van der Waals surface area contributed by atoms with E-state index in [2.05, 4.69) is 4.90 Å². The van der Waals surface area contributed by atoms with Gasteiger partial charge in [-0.25, -0.2) is 4.39 Å². The fourth-order valence-electron chi connectivity index (χ4n) is 2.31. The number of carbonyl (C=O) groups excluding carboxylic acids is 1. The standard InChI is InChI=1S/C14H20FN3O.ClH/c1-11(16)14(19)18-7-5-17(6-8-18)10-12-3-2-4-13(15)9-12;/h2-4,9,11H,5-8,10,16H2,1H3;1H/t11-;/m1./s1. The molecule has 1 heterocycles. The summed E-state index contributed by atoms with van der Waals surface area (Å²) in [5.41, 5.74) is 6.56. The highest BCUT2D eigenvalue weighted by molar-refractivity contribution is 5.85. The number of carbonyl (C=O) groups is 1. The summed E-state index contributed by atoms with van der Waals surface area (Å²) in [4.78, 5) is 15.8.